The van der Waals surface area contributed by atoms with Gasteiger partial charge >= 0.3 is 0 Å². The molecule has 0 spiro atoms. The van der Waals surface area contributed by atoms with Gasteiger partial charge in [0.25, 0.3) is 5.91 Å². The van der Waals surface area contributed by atoms with Crippen LogP contribution in [0, 0.1) is 6.92 Å². The van der Waals surface area contributed by atoms with Crippen molar-refractivity contribution in [1.29, 1.82) is 0 Å². The van der Waals surface area contributed by atoms with Gasteiger partial charge in [-0.25, -0.2) is 19.3 Å². The first-order valence-corrected chi connectivity index (χ1v) is 11.7. The Bertz CT molecular complexity index is 1190. The lowest BCUT2D eigenvalue weighted by Crippen LogP contribution is -2.26. The molecule has 0 saturated carbocycles. The molecule has 1 aromatic carbocycles. The molecular weight excluding hydrogens is 460 g/mol. The number of aromatic nitrogens is 3. The zero-order valence-electron chi connectivity index (χ0n) is 18.8. The number of nitrogens with zero attached hydrogens (tertiary/aromatic N) is 4. The molecule has 33 heavy (non-hydrogen) atoms. The molecule has 2 unspecified atom stereocenters. The Morgan fingerprint density at radius 1 is 1.21 bits per heavy atom. The predicted octanol–water partition coefficient (Wildman–Crippen LogP) is 5.63. The zero-order valence-corrected chi connectivity index (χ0v) is 20.7. The fourth-order valence-corrected chi connectivity index (χ4v) is 4.36. The zero-order chi connectivity index (χ0) is 23.8. The second-order valence-electron chi connectivity index (χ2n) is 8.66. The quantitative estimate of drug-likeness (QED) is 0.474. The average Bonchev–Trinajstić information content (AvgIpc) is 3.15. The SMILES string of the molecule is Cc1ccc(Cl)cc1-c1ccnc(N2CCC(F)(P)C2)c1NC(=O)c1cnc(C(C)C)nc1. The molecular formula is C24H26ClFN5OP. The maximum absolute atomic E-state index is 14.6. The first-order valence-electron chi connectivity index (χ1n) is 10.8. The third kappa shape index (κ3) is 5.15. The standard InChI is InChI=1S/C24H26ClFN5OP/c1-14(2)21-28-11-16(12-29-21)23(32)30-20-18(19-10-17(25)5-4-15(19)3)6-8-27-22(20)31-9-7-24(26,33)13-31/h4-6,8,10-12,14H,7,9,13,33H2,1-3H3,(H,30,32). The monoisotopic (exact) mass is 485 g/mol. The highest BCUT2D eigenvalue weighted by atomic mass is 35.5. The van der Waals surface area contributed by atoms with E-state index in [0.717, 1.165) is 16.7 Å². The minimum atomic E-state index is -1.40. The van der Waals surface area contributed by atoms with Crippen LogP contribution in [-0.4, -0.2) is 39.4 Å². The van der Waals surface area contributed by atoms with E-state index >= 15 is 0 Å². The van der Waals surface area contributed by atoms with E-state index in [4.69, 9.17) is 11.6 Å². The van der Waals surface area contributed by atoms with Gasteiger partial charge in [0.1, 0.15) is 11.2 Å². The summed E-state index contributed by atoms with van der Waals surface area (Å²) in [5, 5.41) is 2.18. The number of alkyl halides is 1. The van der Waals surface area contributed by atoms with Crippen molar-refractivity contribution in [2.24, 2.45) is 0 Å². The van der Waals surface area contributed by atoms with Crippen LogP contribution in [0.15, 0.2) is 42.9 Å². The van der Waals surface area contributed by atoms with Gasteiger partial charge in [0, 0.05) is 48.1 Å². The maximum Gasteiger partial charge on any atom is 0.258 e. The van der Waals surface area contributed by atoms with Crippen molar-refractivity contribution in [2.75, 3.05) is 23.3 Å². The Kier molecular flexibility index (Phi) is 6.64. The first-order chi connectivity index (χ1) is 15.6. The molecule has 1 saturated heterocycles. The number of hydrogen-bond donors (Lipinski definition) is 1. The topological polar surface area (TPSA) is 71.0 Å². The van der Waals surface area contributed by atoms with E-state index in [0.29, 0.717) is 40.9 Å². The van der Waals surface area contributed by atoms with E-state index in [9.17, 15) is 9.18 Å². The molecule has 4 rings (SSSR count). The van der Waals surface area contributed by atoms with Crippen molar-refractivity contribution >= 4 is 38.3 Å². The molecule has 1 N–H and O–H groups in total. The summed E-state index contributed by atoms with van der Waals surface area (Å²) in [6, 6.07) is 7.43. The van der Waals surface area contributed by atoms with Crippen LogP contribution in [0.2, 0.25) is 5.02 Å². The van der Waals surface area contributed by atoms with Gasteiger partial charge in [0.05, 0.1) is 17.8 Å². The van der Waals surface area contributed by atoms with Crippen molar-refractivity contribution in [3.05, 3.63) is 64.8 Å². The van der Waals surface area contributed by atoms with Gasteiger partial charge in [-0.2, -0.15) is 0 Å². The Morgan fingerprint density at radius 3 is 2.58 bits per heavy atom. The molecule has 1 aliphatic heterocycles. The van der Waals surface area contributed by atoms with Crippen molar-refractivity contribution in [3.63, 3.8) is 0 Å². The number of nitrogens with one attached hydrogen (secondary N) is 1. The molecule has 1 amide bonds. The van der Waals surface area contributed by atoms with Gasteiger partial charge in [-0.05, 0) is 36.2 Å². The molecule has 172 valence electrons. The first kappa shape index (κ1) is 23.5. The Labute approximate surface area is 200 Å². The minimum Gasteiger partial charge on any atom is -0.351 e. The molecule has 6 nitrogen and oxygen atoms in total. The maximum atomic E-state index is 14.6. The molecule has 0 bridgehead atoms. The number of aryl methyl sites for hydroxylation is 1. The van der Waals surface area contributed by atoms with Gasteiger partial charge in [0.15, 0.2) is 5.82 Å². The third-order valence-corrected chi connectivity index (χ3v) is 6.37. The molecule has 0 aliphatic carbocycles. The summed E-state index contributed by atoms with van der Waals surface area (Å²) in [6.07, 6.45) is 5.06. The molecule has 2 aromatic heterocycles. The van der Waals surface area contributed by atoms with E-state index in [1.54, 1.807) is 6.20 Å². The number of carbonyl (C=O) groups is 1. The van der Waals surface area contributed by atoms with Crippen molar-refractivity contribution < 1.29 is 9.18 Å². The Hall–Kier alpha value is -2.63. The van der Waals surface area contributed by atoms with Gasteiger partial charge < -0.3 is 10.2 Å². The van der Waals surface area contributed by atoms with Crippen LogP contribution in [0.25, 0.3) is 11.1 Å². The molecule has 2 atom stereocenters. The molecule has 1 fully saturated rings. The van der Waals surface area contributed by atoms with Crippen molar-refractivity contribution in [3.8, 4) is 11.1 Å². The fourth-order valence-electron chi connectivity index (χ4n) is 3.84. The lowest BCUT2D eigenvalue weighted by atomic mass is 9.99. The number of hydrogen-bond acceptors (Lipinski definition) is 5. The van der Waals surface area contributed by atoms with E-state index in [-0.39, 0.29) is 18.4 Å². The molecule has 3 aromatic rings. The Balaban J connectivity index is 1.78. The second kappa shape index (κ2) is 9.32. The smallest absolute Gasteiger partial charge is 0.258 e. The summed E-state index contributed by atoms with van der Waals surface area (Å²) in [7, 11) is 2.28. The van der Waals surface area contributed by atoms with E-state index in [1.165, 1.54) is 12.4 Å². The fraction of sp³-hybridized carbons (Fsp3) is 0.333. The average molecular weight is 486 g/mol. The molecule has 0 radical (unpaired) electrons. The largest absolute Gasteiger partial charge is 0.351 e. The number of benzene rings is 1. The number of amides is 1. The van der Waals surface area contributed by atoms with E-state index < -0.39 is 5.41 Å². The van der Waals surface area contributed by atoms with Crippen LogP contribution >= 0.6 is 20.8 Å². The summed E-state index contributed by atoms with van der Waals surface area (Å²) in [5.41, 5.74) is 3.44. The summed E-state index contributed by atoms with van der Waals surface area (Å²) in [5.74, 6) is 0.979. The third-order valence-electron chi connectivity index (χ3n) is 5.66. The Morgan fingerprint density at radius 2 is 1.94 bits per heavy atom. The summed E-state index contributed by atoms with van der Waals surface area (Å²) >= 11 is 6.28. The van der Waals surface area contributed by atoms with Gasteiger partial charge in [0.2, 0.25) is 0 Å². The number of anilines is 2. The van der Waals surface area contributed by atoms with Crippen LogP contribution in [0.4, 0.5) is 15.9 Å². The predicted molar refractivity (Wildman–Crippen MR) is 134 cm³/mol. The van der Waals surface area contributed by atoms with Crippen molar-refractivity contribution in [1.82, 2.24) is 15.0 Å². The van der Waals surface area contributed by atoms with Crippen LogP contribution in [-0.2, 0) is 0 Å². The number of carbonyl (C=O) groups excluding carboxylic acids is 1. The summed E-state index contributed by atoms with van der Waals surface area (Å²) in [6.45, 7) is 6.60. The highest BCUT2D eigenvalue weighted by Gasteiger charge is 2.36. The molecule has 9 heteroatoms. The molecule has 1 aliphatic rings. The highest BCUT2D eigenvalue weighted by molar-refractivity contribution is 7.18. The lowest BCUT2D eigenvalue weighted by molar-refractivity contribution is 0.102. The number of halogens is 2. The van der Waals surface area contributed by atoms with Crippen LogP contribution in [0.3, 0.4) is 0 Å². The summed E-state index contributed by atoms with van der Waals surface area (Å²) < 4.78 is 14.6. The lowest BCUT2D eigenvalue weighted by Gasteiger charge is -2.24. The van der Waals surface area contributed by atoms with Crippen LogP contribution < -0.4 is 10.2 Å². The minimum absolute atomic E-state index is 0.160. The van der Waals surface area contributed by atoms with Crippen LogP contribution in [0.5, 0.6) is 0 Å². The van der Waals surface area contributed by atoms with Gasteiger partial charge in [-0.15, -0.1) is 0 Å². The number of rotatable bonds is 5. The van der Waals surface area contributed by atoms with Crippen molar-refractivity contribution in [2.45, 2.75) is 38.5 Å². The van der Waals surface area contributed by atoms with E-state index in [2.05, 4.69) is 29.5 Å². The highest BCUT2D eigenvalue weighted by Crippen LogP contribution is 2.41. The number of pyridine rings is 1. The normalized spacial score (nSPS) is 18.1. The van der Waals surface area contributed by atoms with E-state index in [1.807, 2.05) is 49.9 Å². The van der Waals surface area contributed by atoms with Gasteiger partial charge in [-0.1, -0.05) is 40.8 Å². The van der Waals surface area contributed by atoms with Gasteiger partial charge in [-0.3, -0.25) is 4.79 Å². The summed E-state index contributed by atoms with van der Waals surface area (Å²) in [4.78, 5) is 28.2. The second-order valence-corrected chi connectivity index (χ2v) is 10.1. The molecule has 3 heterocycles. The van der Waals surface area contributed by atoms with Crippen LogP contribution in [0.1, 0.15) is 47.9 Å².